The molecule has 0 radical (unpaired) electrons. The van der Waals surface area contributed by atoms with Gasteiger partial charge in [0.05, 0.1) is 18.0 Å². The van der Waals surface area contributed by atoms with E-state index in [2.05, 4.69) is 4.98 Å². The van der Waals surface area contributed by atoms with Gasteiger partial charge in [-0.2, -0.15) is 0 Å². The van der Waals surface area contributed by atoms with Crippen LogP contribution in [0.4, 0.5) is 0 Å². The van der Waals surface area contributed by atoms with Crippen molar-refractivity contribution in [3.63, 3.8) is 0 Å². The zero-order chi connectivity index (χ0) is 10.4. The molecule has 3 N–H and O–H groups in total. The minimum Gasteiger partial charge on any atom is -0.390 e. The number of aliphatic hydroxyl groups excluding tert-OH is 1. The van der Waals surface area contributed by atoms with Crippen LogP contribution in [0.3, 0.4) is 0 Å². The smallest absolute Gasteiger partial charge is 0.221 e. The summed E-state index contributed by atoms with van der Waals surface area (Å²) in [6.07, 6.45) is 3.54. The van der Waals surface area contributed by atoms with Gasteiger partial charge in [0.25, 0.3) is 0 Å². The number of aromatic nitrogens is 1. The predicted octanol–water partition coefficient (Wildman–Crippen LogP) is 0.462. The van der Waals surface area contributed by atoms with Gasteiger partial charge >= 0.3 is 0 Å². The van der Waals surface area contributed by atoms with Crippen molar-refractivity contribution in [3.8, 4) is 0 Å². The maximum Gasteiger partial charge on any atom is 0.221 e. The summed E-state index contributed by atoms with van der Waals surface area (Å²) >= 11 is 0. The zero-order valence-corrected chi connectivity index (χ0v) is 7.68. The highest BCUT2D eigenvalue weighted by Gasteiger charge is 1.93. The van der Waals surface area contributed by atoms with Gasteiger partial charge in [0.2, 0.25) is 5.91 Å². The summed E-state index contributed by atoms with van der Waals surface area (Å²) in [6.45, 7) is -0.0858. The van der Waals surface area contributed by atoms with E-state index in [0.717, 1.165) is 0 Å². The van der Waals surface area contributed by atoms with Gasteiger partial charge in [-0.15, -0.1) is 0 Å². The van der Waals surface area contributed by atoms with Crippen molar-refractivity contribution in [2.75, 3.05) is 0 Å². The van der Waals surface area contributed by atoms with Gasteiger partial charge in [0.15, 0.2) is 0 Å². The molecule has 0 saturated carbocycles. The van der Waals surface area contributed by atoms with E-state index in [1.807, 2.05) is 0 Å². The van der Waals surface area contributed by atoms with Gasteiger partial charge in [-0.25, -0.2) is 0 Å². The molecule has 0 fully saturated rings. The lowest BCUT2D eigenvalue weighted by molar-refractivity contribution is -0.117. The third-order valence-corrected chi connectivity index (χ3v) is 1.60. The molecule has 1 heterocycles. The fourth-order valence-electron chi connectivity index (χ4n) is 0.975. The van der Waals surface area contributed by atoms with Crippen LogP contribution in [0.1, 0.15) is 17.8 Å². The average Bonchev–Trinajstić information content (AvgIpc) is 2.18. The number of carbonyl (C=O) groups is 1. The molecular formula is C10H12N2O2. The highest BCUT2D eigenvalue weighted by atomic mass is 16.3. The fourth-order valence-corrected chi connectivity index (χ4v) is 0.975. The molecule has 4 heteroatoms. The summed E-state index contributed by atoms with van der Waals surface area (Å²) in [4.78, 5) is 14.5. The van der Waals surface area contributed by atoms with Crippen molar-refractivity contribution < 1.29 is 9.90 Å². The van der Waals surface area contributed by atoms with Gasteiger partial charge in [-0.3, -0.25) is 9.78 Å². The van der Waals surface area contributed by atoms with Crippen LogP contribution in [0.5, 0.6) is 0 Å². The van der Waals surface area contributed by atoms with Crippen LogP contribution < -0.4 is 5.73 Å². The maximum atomic E-state index is 10.4. The second-order valence-corrected chi connectivity index (χ2v) is 2.78. The first-order valence-corrected chi connectivity index (χ1v) is 4.24. The van der Waals surface area contributed by atoms with Gasteiger partial charge < -0.3 is 10.8 Å². The van der Waals surface area contributed by atoms with E-state index in [1.54, 1.807) is 30.4 Å². The molecule has 0 atom stereocenters. The summed E-state index contributed by atoms with van der Waals surface area (Å²) in [5, 5.41) is 8.81. The molecular weight excluding hydrogens is 180 g/mol. The lowest BCUT2D eigenvalue weighted by atomic mass is 10.2. The first-order chi connectivity index (χ1) is 6.72. The standard InChI is InChI=1S/C10H12N2O2/c11-10(14)6-2-4-8-3-1-5-9(7-13)12-8/h1-5,13H,6-7H2,(H2,11,14). The number of hydrogen-bond acceptors (Lipinski definition) is 3. The molecule has 0 aromatic carbocycles. The lowest BCUT2D eigenvalue weighted by Crippen LogP contribution is -2.07. The number of carbonyl (C=O) groups excluding carboxylic acids is 1. The van der Waals surface area contributed by atoms with Crippen LogP contribution in [-0.2, 0) is 11.4 Å². The van der Waals surface area contributed by atoms with Crippen LogP contribution in [-0.4, -0.2) is 16.0 Å². The molecule has 74 valence electrons. The van der Waals surface area contributed by atoms with Crippen molar-refractivity contribution in [2.45, 2.75) is 13.0 Å². The van der Waals surface area contributed by atoms with Gasteiger partial charge in [0.1, 0.15) is 0 Å². The van der Waals surface area contributed by atoms with Crippen LogP contribution in [0.15, 0.2) is 24.3 Å². The minimum absolute atomic E-state index is 0.0858. The van der Waals surface area contributed by atoms with E-state index in [1.165, 1.54) is 0 Å². The van der Waals surface area contributed by atoms with Crippen molar-refractivity contribution in [3.05, 3.63) is 35.7 Å². The van der Waals surface area contributed by atoms with E-state index >= 15 is 0 Å². The number of pyridine rings is 1. The van der Waals surface area contributed by atoms with Crippen LogP contribution in [0, 0.1) is 0 Å². The first-order valence-electron chi connectivity index (χ1n) is 4.24. The molecule has 1 aromatic heterocycles. The van der Waals surface area contributed by atoms with Crippen LogP contribution in [0.2, 0.25) is 0 Å². The Hall–Kier alpha value is -1.68. The topological polar surface area (TPSA) is 76.2 Å². The molecule has 0 saturated heterocycles. The number of nitrogens with zero attached hydrogens (tertiary/aromatic N) is 1. The highest BCUT2D eigenvalue weighted by Crippen LogP contribution is 2.01. The largest absolute Gasteiger partial charge is 0.390 e. The Morgan fingerprint density at radius 2 is 2.36 bits per heavy atom. The number of primary amides is 1. The summed E-state index contributed by atoms with van der Waals surface area (Å²) in [6, 6.07) is 5.31. The van der Waals surface area contributed by atoms with E-state index in [0.29, 0.717) is 11.4 Å². The Bertz CT molecular complexity index is 348. The first kappa shape index (κ1) is 10.4. The summed E-state index contributed by atoms with van der Waals surface area (Å²) in [5.41, 5.74) is 6.27. The molecule has 0 unspecified atom stereocenters. The Morgan fingerprint density at radius 1 is 1.57 bits per heavy atom. The third-order valence-electron chi connectivity index (χ3n) is 1.60. The minimum atomic E-state index is -0.375. The van der Waals surface area contributed by atoms with Gasteiger partial charge in [-0.05, 0) is 18.2 Å². The van der Waals surface area contributed by atoms with Crippen molar-refractivity contribution in [1.82, 2.24) is 4.98 Å². The Morgan fingerprint density at radius 3 is 3.00 bits per heavy atom. The summed E-state index contributed by atoms with van der Waals surface area (Å²) < 4.78 is 0. The molecule has 0 aliphatic rings. The molecule has 1 rings (SSSR count). The Balaban J connectivity index is 2.66. The number of amides is 1. The van der Waals surface area contributed by atoms with E-state index in [4.69, 9.17) is 10.8 Å². The molecule has 1 aromatic rings. The highest BCUT2D eigenvalue weighted by molar-refractivity contribution is 5.76. The lowest BCUT2D eigenvalue weighted by Gasteiger charge is -1.96. The predicted molar refractivity (Wildman–Crippen MR) is 53.0 cm³/mol. The van der Waals surface area contributed by atoms with Gasteiger partial charge in [-0.1, -0.05) is 12.1 Å². The van der Waals surface area contributed by atoms with Crippen LogP contribution in [0.25, 0.3) is 6.08 Å². The number of nitrogens with two attached hydrogens (primary N) is 1. The van der Waals surface area contributed by atoms with E-state index < -0.39 is 0 Å². The average molecular weight is 192 g/mol. The quantitative estimate of drug-likeness (QED) is 0.727. The Labute approximate surface area is 82.1 Å². The number of aliphatic hydroxyl groups is 1. The molecule has 0 aliphatic carbocycles. The normalized spacial score (nSPS) is 10.6. The molecule has 0 bridgehead atoms. The molecule has 4 nitrogen and oxygen atoms in total. The fraction of sp³-hybridized carbons (Fsp3) is 0.200. The van der Waals surface area contributed by atoms with Gasteiger partial charge in [0, 0.05) is 6.42 Å². The van der Waals surface area contributed by atoms with Crippen molar-refractivity contribution in [2.24, 2.45) is 5.73 Å². The molecule has 0 aliphatic heterocycles. The second-order valence-electron chi connectivity index (χ2n) is 2.78. The summed E-state index contributed by atoms with van der Waals surface area (Å²) in [7, 11) is 0. The van der Waals surface area contributed by atoms with Crippen molar-refractivity contribution >= 4 is 12.0 Å². The van der Waals surface area contributed by atoms with E-state index in [9.17, 15) is 4.79 Å². The van der Waals surface area contributed by atoms with Crippen molar-refractivity contribution in [1.29, 1.82) is 0 Å². The number of hydrogen-bond donors (Lipinski definition) is 2. The molecule has 1 amide bonds. The van der Waals surface area contributed by atoms with Crippen LogP contribution >= 0.6 is 0 Å². The molecule has 14 heavy (non-hydrogen) atoms. The third kappa shape index (κ3) is 3.37. The SMILES string of the molecule is NC(=O)CC=Cc1cccc(CO)n1. The molecule has 0 spiro atoms. The van der Waals surface area contributed by atoms with E-state index in [-0.39, 0.29) is 18.9 Å². The maximum absolute atomic E-state index is 10.4. The number of rotatable bonds is 4. The monoisotopic (exact) mass is 192 g/mol. The summed E-state index contributed by atoms with van der Waals surface area (Å²) in [5.74, 6) is -0.375. The zero-order valence-electron chi connectivity index (χ0n) is 7.68. The Kier molecular flexibility index (Phi) is 3.82. The second kappa shape index (κ2) is 5.14.